The maximum atomic E-state index is 12.1. The number of halogens is 1. The zero-order chi connectivity index (χ0) is 18.1. The Morgan fingerprint density at radius 1 is 1.24 bits per heavy atom. The highest BCUT2D eigenvalue weighted by atomic mass is 35.5. The maximum Gasteiger partial charge on any atom is 0.320 e. The van der Waals surface area contributed by atoms with Crippen LogP contribution < -0.4 is 20.1 Å². The minimum Gasteiger partial charge on any atom is -0.497 e. The second-order valence-electron chi connectivity index (χ2n) is 5.46. The molecule has 1 aromatic rings. The topological polar surface area (TPSA) is 96.9 Å². The van der Waals surface area contributed by atoms with Gasteiger partial charge in [0.05, 0.1) is 26.8 Å². The molecule has 0 aliphatic rings. The van der Waals surface area contributed by atoms with E-state index in [2.05, 4.69) is 10.6 Å². The molecule has 2 unspecified atom stereocenters. The minimum atomic E-state index is -0.952. The highest BCUT2D eigenvalue weighted by molar-refractivity contribution is 5.85. The largest absolute Gasteiger partial charge is 0.497 e. The number of nitrogens with one attached hydrogen (secondary N) is 2. The Kier molecular flexibility index (Phi) is 10.6. The van der Waals surface area contributed by atoms with Crippen LogP contribution in [0.25, 0.3) is 0 Å². The van der Waals surface area contributed by atoms with Gasteiger partial charge in [0.1, 0.15) is 17.5 Å². The minimum absolute atomic E-state index is 0. The Bertz CT molecular complexity index is 568. The third kappa shape index (κ3) is 7.19. The van der Waals surface area contributed by atoms with Gasteiger partial charge in [-0.25, -0.2) is 0 Å². The van der Waals surface area contributed by atoms with Crippen LogP contribution in [-0.4, -0.2) is 43.8 Å². The van der Waals surface area contributed by atoms with Crippen molar-refractivity contribution in [3.8, 4) is 11.5 Å². The third-order valence-electron chi connectivity index (χ3n) is 3.67. The molecule has 0 aliphatic heterocycles. The van der Waals surface area contributed by atoms with Crippen molar-refractivity contribution in [3.05, 3.63) is 23.8 Å². The van der Waals surface area contributed by atoms with Gasteiger partial charge in [-0.3, -0.25) is 14.9 Å². The van der Waals surface area contributed by atoms with Crippen molar-refractivity contribution in [2.24, 2.45) is 0 Å². The summed E-state index contributed by atoms with van der Waals surface area (Å²) in [6, 6.07) is 4.33. The van der Waals surface area contributed by atoms with Gasteiger partial charge >= 0.3 is 5.97 Å². The molecule has 3 N–H and O–H groups in total. The van der Waals surface area contributed by atoms with Crippen molar-refractivity contribution in [3.63, 3.8) is 0 Å². The molecule has 7 nitrogen and oxygen atoms in total. The lowest BCUT2D eigenvalue weighted by molar-refractivity contribution is -0.139. The van der Waals surface area contributed by atoms with Crippen molar-refractivity contribution in [1.29, 1.82) is 0 Å². The van der Waals surface area contributed by atoms with E-state index in [9.17, 15) is 9.59 Å². The zero-order valence-electron chi connectivity index (χ0n) is 15.0. The summed E-state index contributed by atoms with van der Waals surface area (Å²) < 4.78 is 10.5. The molecular formula is C17H27ClN2O5. The van der Waals surface area contributed by atoms with Gasteiger partial charge in [0.15, 0.2) is 0 Å². The Labute approximate surface area is 154 Å². The molecule has 142 valence electrons. The van der Waals surface area contributed by atoms with Crippen LogP contribution in [0, 0.1) is 0 Å². The van der Waals surface area contributed by atoms with E-state index in [0.29, 0.717) is 17.9 Å². The predicted octanol–water partition coefficient (Wildman–Crippen LogP) is 2.15. The van der Waals surface area contributed by atoms with Crippen LogP contribution in [0.5, 0.6) is 11.5 Å². The van der Waals surface area contributed by atoms with Crippen LogP contribution in [0.4, 0.5) is 0 Å². The molecule has 2 atom stereocenters. The van der Waals surface area contributed by atoms with Crippen molar-refractivity contribution in [2.45, 2.75) is 38.8 Å². The molecule has 1 amide bonds. The van der Waals surface area contributed by atoms with Gasteiger partial charge in [-0.1, -0.05) is 13.3 Å². The first-order valence-corrected chi connectivity index (χ1v) is 7.90. The normalized spacial score (nSPS) is 12.5. The number of aliphatic carboxylic acids is 1. The molecule has 25 heavy (non-hydrogen) atoms. The quantitative estimate of drug-likeness (QED) is 0.580. The van der Waals surface area contributed by atoms with Gasteiger partial charge in [-0.15, -0.1) is 12.4 Å². The average molecular weight is 375 g/mol. The summed E-state index contributed by atoms with van der Waals surface area (Å²) in [7, 11) is 3.13. The van der Waals surface area contributed by atoms with Crippen LogP contribution in [0.1, 0.15) is 38.3 Å². The molecule has 8 heteroatoms. The highest BCUT2D eigenvalue weighted by Crippen LogP contribution is 2.29. The molecular weight excluding hydrogens is 348 g/mol. The molecule has 0 bridgehead atoms. The Hall–Kier alpha value is -1.99. The fraction of sp³-hybridized carbons (Fsp3) is 0.529. The van der Waals surface area contributed by atoms with E-state index in [4.69, 9.17) is 14.6 Å². The summed E-state index contributed by atoms with van der Waals surface area (Å²) in [4.78, 5) is 23.1. The number of hydrogen-bond donors (Lipinski definition) is 3. The number of benzene rings is 1. The van der Waals surface area contributed by atoms with Gasteiger partial charge in [-0.05, 0) is 31.5 Å². The van der Waals surface area contributed by atoms with Gasteiger partial charge < -0.3 is 19.9 Å². The molecule has 0 aromatic heterocycles. The highest BCUT2D eigenvalue weighted by Gasteiger charge is 2.19. The first-order valence-electron chi connectivity index (χ1n) is 7.90. The lowest BCUT2D eigenvalue weighted by atomic mass is 10.1. The number of rotatable bonds is 10. The first kappa shape index (κ1) is 23.0. The maximum absolute atomic E-state index is 12.1. The number of carboxylic acid groups (broad SMARTS) is 1. The average Bonchev–Trinajstić information content (AvgIpc) is 2.57. The van der Waals surface area contributed by atoms with E-state index in [1.807, 2.05) is 13.8 Å². The zero-order valence-corrected chi connectivity index (χ0v) is 15.8. The smallest absolute Gasteiger partial charge is 0.320 e. The standard InChI is InChI=1S/C17H26N2O5.ClH/c1-5-6-14(17(21)22)18-10-16(20)19-11(2)13-9-12(23-3)7-8-15(13)24-4;/h7-9,11,14,18H,5-6,10H2,1-4H3,(H,19,20)(H,21,22);1H. The summed E-state index contributed by atoms with van der Waals surface area (Å²) in [5, 5.41) is 14.7. The lowest BCUT2D eigenvalue weighted by Crippen LogP contribution is -2.43. The van der Waals surface area contributed by atoms with Crippen molar-refractivity contribution in [2.75, 3.05) is 20.8 Å². The monoisotopic (exact) mass is 374 g/mol. The van der Waals surface area contributed by atoms with Crippen LogP contribution in [-0.2, 0) is 9.59 Å². The van der Waals surface area contributed by atoms with E-state index >= 15 is 0 Å². The molecule has 0 spiro atoms. The number of hydrogen-bond acceptors (Lipinski definition) is 5. The first-order chi connectivity index (χ1) is 11.4. The van der Waals surface area contributed by atoms with E-state index in [1.54, 1.807) is 32.4 Å². The van der Waals surface area contributed by atoms with Gasteiger partial charge in [-0.2, -0.15) is 0 Å². The van der Waals surface area contributed by atoms with Crippen molar-refractivity contribution < 1.29 is 24.2 Å². The number of ether oxygens (including phenoxy) is 2. The summed E-state index contributed by atoms with van der Waals surface area (Å²) in [6.07, 6.45) is 1.20. The molecule has 1 aromatic carbocycles. The fourth-order valence-corrected chi connectivity index (χ4v) is 2.37. The van der Waals surface area contributed by atoms with Gasteiger partial charge in [0, 0.05) is 5.56 Å². The second kappa shape index (κ2) is 11.5. The summed E-state index contributed by atoms with van der Waals surface area (Å²) >= 11 is 0. The van der Waals surface area contributed by atoms with E-state index in [1.165, 1.54) is 0 Å². The van der Waals surface area contributed by atoms with Gasteiger partial charge in [0.25, 0.3) is 0 Å². The fourth-order valence-electron chi connectivity index (χ4n) is 2.37. The molecule has 0 radical (unpaired) electrons. The number of carbonyl (C=O) groups excluding carboxylic acids is 1. The molecule has 0 aliphatic carbocycles. The Morgan fingerprint density at radius 2 is 1.92 bits per heavy atom. The summed E-state index contributed by atoms with van der Waals surface area (Å²) in [5.41, 5.74) is 0.786. The van der Waals surface area contributed by atoms with Crippen molar-refractivity contribution >= 4 is 24.3 Å². The Morgan fingerprint density at radius 3 is 2.44 bits per heavy atom. The summed E-state index contributed by atoms with van der Waals surface area (Å²) in [5.74, 6) is 0.0757. The number of carbonyl (C=O) groups is 2. The van der Waals surface area contributed by atoms with Crippen LogP contribution >= 0.6 is 12.4 Å². The second-order valence-corrected chi connectivity index (χ2v) is 5.46. The number of carboxylic acids is 1. The molecule has 1 rings (SSSR count). The van der Waals surface area contributed by atoms with Crippen LogP contribution in [0.2, 0.25) is 0 Å². The number of methoxy groups -OCH3 is 2. The van der Waals surface area contributed by atoms with Crippen LogP contribution in [0.3, 0.4) is 0 Å². The van der Waals surface area contributed by atoms with E-state index in [0.717, 1.165) is 12.0 Å². The molecule has 0 saturated carbocycles. The Balaban J connectivity index is 0.00000576. The molecule has 0 fully saturated rings. The SMILES string of the molecule is CCCC(NCC(=O)NC(C)c1cc(OC)ccc1OC)C(=O)O.Cl. The molecule has 0 saturated heterocycles. The summed E-state index contributed by atoms with van der Waals surface area (Å²) in [6.45, 7) is 3.67. The lowest BCUT2D eigenvalue weighted by Gasteiger charge is -2.19. The van der Waals surface area contributed by atoms with E-state index in [-0.39, 0.29) is 30.9 Å². The van der Waals surface area contributed by atoms with E-state index < -0.39 is 12.0 Å². The van der Waals surface area contributed by atoms with Gasteiger partial charge in [0.2, 0.25) is 5.91 Å². The third-order valence-corrected chi connectivity index (χ3v) is 3.67. The van der Waals surface area contributed by atoms with Crippen LogP contribution in [0.15, 0.2) is 18.2 Å². The predicted molar refractivity (Wildman–Crippen MR) is 97.7 cm³/mol. The van der Waals surface area contributed by atoms with Crippen molar-refractivity contribution in [1.82, 2.24) is 10.6 Å². The number of amides is 1. The molecule has 0 heterocycles.